The molecular weight excluding hydrogens is 283 g/mol. The number of urea groups is 1. The van der Waals surface area contributed by atoms with Gasteiger partial charge >= 0.3 is 12.2 Å². The first-order valence-electron chi connectivity index (χ1n) is 5.30. The summed E-state index contributed by atoms with van der Waals surface area (Å²) in [4.78, 5) is 12.3. The third kappa shape index (κ3) is 3.37. The van der Waals surface area contributed by atoms with Crippen molar-refractivity contribution in [1.29, 1.82) is 0 Å². The van der Waals surface area contributed by atoms with Crippen molar-refractivity contribution in [3.05, 3.63) is 34.9 Å². The summed E-state index contributed by atoms with van der Waals surface area (Å²) in [6.45, 7) is -0.507. The molecule has 1 aliphatic rings. The summed E-state index contributed by atoms with van der Waals surface area (Å²) < 4.78 is 36.6. The molecule has 0 saturated carbocycles. The Bertz CT molecular complexity index is 513. The standard InChI is InChI=1S/C11H8ClF3N3O/c12-8-3-1-7(2-4-8)9-16-17-10(19)18(9)6-5-11(13,14)15/h1-4H,5-6H2. The molecule has 8 heteroatoms. The molecule has 1 aromatic rings. The number of halogens is 4. The maximum absolute atomic E-state index is 12.2. The zero-order valence-corrected chi connectivity index (χ0v) is 10.2. The van der Waals surface area contributed by atoms with Crippen molar-refractivity contribution in [2.75, 3.05) is 6.54 Å². The summed E-state index contributed by atoms with van der Waals surface area (Å²) >= 11 is 5.71. The number of carbonyl (C=O) groups excluding carboxylic acids is 1. The van der Waals surface area contributed by atoms with Crippen LogP contribution in [-0.4, -0.2) is 29.5 Å². The van der Waals surface area contributed by atoms with Gasteiger partial charge in [-0.15, -0.1) is 5.10 Å². The number of rotatable bonds is 3. The van der Waals surface area contributed by atoms with Gasteiger partial charge in [-0.05, 0) is 24.3 Å². The SMILES string of the molecule is O=C1[N]N=C(c2ccc(Cl)cc2)N1CCC(F)(F)F. The van der Waals surface area contributed by atoms with Crippen LogP contribution < -0.4 is 5.43 Å². The van der Waals surface area contributed by atoms with Gasteiger partial charge in [0, 0.05) is 17.1 Å². The molecule has 0 bridgehead atoms. The minimum Gasteiger partial charge on any atom is -0.273 e. The number of alkyl halides is 3. The minimum absolute atomic E-state index is 0.103. The predicted molar refractivity (Wildman–Crippen MR) is 62.9 cm³/mol. The highest BCUT2D eigenvalue weighted by molar-refractivity contribution is 6.30. The zero-order chi connectivity index (χ0) is 14.0. The summed E-state index contributed by atoms with van der Waals surface area (Å²) in [5.41, 5.74) is 3.76. The van der Waals surface area contributed by atoms with Gasteiger partial charge in [-0.1, -0.05) is 17.0 Å². The summed E-state index contributed by atoms with van der Waals surface area (Å²) in [5.74, 6) is 0.103. The molecule has 0 N–H and O–H groups in total. The Morgan fingerprint density at radius 2 is 1.84 bits per heavy atom. The third-order valence-electron chi connectivity index (χ3n) is 2.44. The summed E-state index contributed by atoms with van der Waals surface area (Å²) in [6.07, 6.45) is -5.45. The van der Waals surface area contributed by atoms with Crippen LogP contribution in [0.4, 0.5) is 18.0 Å². The molecule has 1 aromatic carbocycles. The molecule has 19 heavy (non-hydrogen) atoms. The van der Waals surface area contributed by atoms with E-state index in [9.17, 15) is 18.0 Å². The normalized spacial score (nSPS) is 15.5. The second-order valence-electron chi connectivity index (χ2n) is 3.83. The average Bonchev–Trinajstić information content (AvgIpc) is 2.68. The Morgan fingerprint density at radius 1 is 1.21 bits per heavy atom. The van der Waals surface area contributed by atoms with Gasteiger partial charge in [-0.3, -0.25) is 4.90 Å². The van der Waals surface area contributed by atoms with E-state index in [1.165, 1.54) is 0 Å². The summed E-state index contributed by atoms with van der Waals surface area (Å²) in [7, 11) is 0. The second kappa shape index (κ2) is 5.08. The average molecular weight is 291 g/mol. The lowest BCUT2D eigenvalue weighted by molar-refractivity contribution is -0.135. The van der Waals surface area contributed by atoms with Gasteiger partial charge < -0.3 is 0 Å². The van der Waals surface area contributed by atoms with Crippen LogP contribution in [0.1, 0.15) is 12.0 Å². The van der Waals surface area contributed by atoms with E-state index in [-0.39, 0.29) is 5.84 Å². The van der Waals surface area contributed by atoms with E-state index in [0.29, 0.717) is 10.6 Å². The number of hydrogen-bond acceptors (Lipinski definition) is 2. The molecule has 0 atom stereocenters. The smallest absolute Gasteiger partial charge is 0.273 e. The van der Waals surface area contributed by atoms with Gasteiger partial charge in [-0.2, -0.15) is 13.2 Å². The maximum Gasteiger partial charge on any atom is 0.390 e. The molecule has 2 amide bonds. The lowest BCUT2D eigenvalue weighted by Crippen LogP contribution is -2.36. The van der Waals surface area contributed by atoms with E-state index in [1.54, 1.807) is 24.3 Å². The highest BCUT2D eigenvalue weighted by Gasteiger charge is 2.34. The van der Waals surface area contributed by atoms with Crippen LogP contribution in [0.5, 0.6) is 0 Å². The molecule has 0 spiro atoms. The molecule has 0 aromatic heterocycles. The van der Waals surface area contributed by atoms with E-state index in [0.717, 1.165) is 4.90 Å². The molecule has 0 fully saturated rings. The van der Waals surface area contributed by atoms with E-state index < -0.39 is 25.2 Å². The van der Waals surface area contributed by atoms with Gasteiger partial charge in [0.15, 0.2) is 5.84 Å². The van der Waals surface area contributed by atoms with Crippen molar-refractivity contribution in [2.45, 2.75) is 12.6 Å². The largest absolute Gasteiger partial charge is 0.390 e. The van der Waals surface area contributed by atoms with Crippen LogP contribution in [0.3, 0.4) is 0 Å². The fourth-order valence-electron chi connectivity index (χ4n) is 1.54. The second-order valence-corrected chi connectivity index (χ2v) is 4.27. The van der Waals surface area contributed by atoms with Crippen LogP contribution >= 0.6 is 11.6 Å². The first-order chi connectivity index (χ1) is 8.87. The first-order valence-corrected chi connectivity index (χ1v) is 5.67. The molecular formula is C11H8ClF3N3O. The molecule has 0 aliphatic carbocycles. The maximum atomic E-state index is 12.2. The summed E-state index contributed by atoms with van der Waals surface area (Å²) in [6, 6.07) is 5.45. The molecule has 0 saturated heterocycles. The van der Waals surface area contributed by atoms with Crippen LogP contribution in [0, 0.1) is 0 Å². The van der Waals surface area contributed by atoms with Crippen molar-refractivity contribution in [3.63, 3.8) is 0 Å². The minimum atomic E-state index is -4.34. The van der Waals surface area contributed by atoms with Gasteiger partial charge in [0.2, 0.25) is 0 Å². The molecule has 0 unspecified atom stereocenters. The predicted octanol–water partition coefficient (Wildman–Crippen LogP) is 2.99. The van der Waals surface area contributed by atoms with Crippen molar-refractivity contribution < 1.29 is 18.0 Å². The topological polar surface area (TPSA) is 46.8 Å². The number of hydrogen-bond donors (Lipinski definition) is 0. The third-order valence-corrected chi connectivity index (χ3v) is 2.69. The number of carbonyl (C=O) groups is 1. The molecule has 2 rings (SSSR count). The first kappa shape index (κ1) is 13.7. The number of amidine groups is 1. The van der Waals surface area contributed by atoms with Gasteiger partial charge in [-0.25, -0.2) is 4.79 Å². The molecule has 1 radical (unpaired) electrons. The lowest BCUT2D eigenvalue weighted by Gasteiger charge is -2.17. The number of nitrogens with zero attached hydrogens (tertiary/aromatic N) is 3. The molecule has 1 heterocycles. The number of benzene rings is 1. The van der Waals surface area contributed by atoms with E-state index in [2.05, 4.69) is 10.5 Å². The fraction of sp³-hybridized carbons (Fsp3) is 0.273. The Hall–Kier alpha value is -1.76. The molecule has 4 nitrogen and oxygen atoms in total. The van der Waals surface area contributed by atoms with Crippen LogP contribution in [-0.2, 0) is 0 Å². The van der Waals surface area contributed by atoms with Crippen LogP contribution in [0.15, 0.2) is 29.4 Å². The van der Waals surface area contributed by atoms with Crippen molar-refractivity contribution in [1.82, 2.24) is 10.3 Å². The van der Waals surface area contributed by atoms with Crippen molar-refractivity contribution >= 4 is 23.5 Å². The van der Waals surface area contributed by atoms with E-state index >= 15 is 0 Å². The fourth-order valence-corrected chi connectivity index (χ4v) is 1.67. The Labute approximate surface area is 111 Å². The van der Waals surface area contributed by atoms with Crippen LogP contribution in [0.2, 0.25) is 5.02 Å². The Kier molecular flexibility index (Phi) is 3.66. The van der Waals surface area contributed by atoms with E-state index in [1.807, 2.05) is 0 Å². The van der Waals surface area contributed by atoms with Crippen molar-refractivity contribution in [3.8, 4) is 0 Å². The monoisotopic (exact) mass is 290 g/mol. The molecule has 101 valence electrons. The number of amides is 2. The van der Waals surface area contributed by atoms with Crippen LogP contribution in [0.25, 0.3) is 0 Å². The molecule has 1 aliphatic heterocycles. The highest BCUT2D eigenvalue weighted by atomic mass is 35.5. The highest BCUT2D eigenvalue weighted by Crippen LogP contribution is 2.22. The Morgan fingerprint density at radius 3 is 2.42 bits per heavy atom. The van der Waals surface area contributed by atoms with Crippen molar-refractivity contribution in [2.24, 2.45) is 5.10 Å². The van der Waals surface area contributed by atoms with Gasteiger partial charge in [0.25, 0.3) is 0 Å². The van der Waals surface area contributed by atoms with Gasteiger partial charge in [0.05, 0.1) is 6.42 Å². The van der Waals surface area contributed by atoms with Gasteiger partial charge in [0.1, 0.15) is 0 Å². The Balaban J connectivity index is 2.15. The quantitative estimate of drug-likeness (QED) is 0.844. The zero-order valence-electron chi connectivity index (χ0n) is 9.49. The van der Waals surface area contributed by atoms with E-state index in [4.69, 9.17) is 11.6 Å². The summed E-state index contributed by atoms with van der Waals surface area (Å²) in [5, 5.41) is 4.09. The lowest BCUT2D eigenvalue weighted by atomic mass is 10.2.